The number of carbonyl (C=O) groups excluding carboxylic acids is 1. The van der Waals surface area contributed by atoms with Gasteiger partial charge in [-0.25, -0.2) is 13.1 Å². The summed E-state index contributed by atoms with van der Waals surface area (Å²) < 4.78 is 32.9. The van der Waals surface area contributed by atoms with E-state index in [0.717, 1.165) is 11.1 Å². The number of ether oxygens (including phenoxy) is 1. The molecule has 0 unspecified atom stereocenters. The van der Waals surface area contributed by atoms with Crippen molar-refractivity contribution < 1.29 is 17.9 Å². The zero-order chi connectivity index (χ0) is 22.1. The van der Waals surface area contributed by atoms with Crippen LogP contribution in [0.5, 0.6) is 5.75 Å². The summed E-state index contributed by atoms with van der Waals surface area (Å²) in [6.45, 7) is 6.38. The zero-order valence-electron chi connectivity index (χ0n) is 17.5. The van der Waals surface area contributed by atoms with E-state index in [2.05, 4.69) is 4.72 Å². The Bertz CT molecular complexity index is 1010. The van der Waals surface area contributed by atoms with Gasteiger partial charge in [-0.2, -0.15) is 5.26 Å². The summed E-state index contributed by atoms with van der Waals surface area (Å²) in [4.78, 5) is 14.4. The third kappa shape index (κ3) is 6.31. The Morgan fingerprint density at radius 2 is 1.83 bits per heavy atom. The second-order valence-electron chi connectivity index (χ2n) is 6.77. The average molecular weight is 430 g/mol. The standard InChI is InChI=1S/C22H27N3O4S/c1-4-29-20-9-7-19(8-10-20)25(15-5-13-23)22(26)12-14-24-30(27,28)21-11-6-17(2)18(3)16-21/h6-11,16,24H,4-5,12,14-15H2,1-3H3. The molecular weight excluding hydrogens is 402 g/mol. The summed E-state index contributed by atoms with van der Waals surface area (Å²) in [6.07, 6.45) is 0.149. The number of hydrogen-bond donors (Lipinski definition) is 1. The number of nitrogens with one attached hydrogen (secondary N) is 1. The number of rotatable bonds is 10. The van der Waals surface area contributed by atoms with E-state index in [1.54, 1.807) is 42.5 Å². The van der Waals surface area contributed by atoms with Gasteiger partial charge in [-0.1, -0.05) is 6.07 Å². The molecule has 0 atom stereocenters. The molecule has 8 heteroatoms. The molecule has 0 spiro atoms. The van der Waals surface area contributed by atoms with E-state index in [-0.39, 0.29) is 36.7 Å². The lowest BCUT2D eigenvalue weighted by molar-refractivity contribution is -0.118. The van der Waals surface area contributed by atoms with E-state index in [1.165, 1.54) is 4.90 Å². The molecular formula is C22H27N3O4S. The number of benzene rings is 2. The maximum Gasteiger partial charge on any atom is 0.240 e. The zero-order valence-corrected chi connectivity index (χ0v) is 18.3. The molecule has 0 radical (unpaired) electrons. The summed E-state index contributed by atoms with van der Waals surface area (Å²) in [6, 6.07) is 14.0. The van der Waals surface area contributed by atoms with Crippen LogP contribution in [-0.2, 0) is 14.8 Å². The Hall–Kier alpha value is -2.89. The molecule has 2 rings (SSSR count). The first-order valence-corrected chi connectivity index (χ1v) is 11.2. The molecule has 1 amide bonds. The van der Waals surface area contributed by atoms with E-state index in [9.17, 15) is 13.2 Å². The molecule has 2 aromatic rings. The second-order valence-corrected chi connectivity index (χ2v) is 8.54. The highest BCUT2D eigenvalue weighted by atomic mass is 32.2. The monoisotopic (exact) mass is 429 g/mol. The van der Waals surface area contributed by atoms with Crippen LogP contribution in [0.1, 0.15) is 30.9 Å². The van der Waals surface area contributed by atoms with Crippen molar-refractivity contribution in [2.45, 2.75) is 38.5 Å². The van der Waals surface area contributed by atoms with Gasteiger partial charge in [0.1, 0.15) is 5.75 Å². The van der Waals surface area contributed by atoms with Gasteiger partial charge in [0.15, 0.2) is 0 Å². The minimum atomic E-state index is -3.70. The van der Waals surface area contributed by atoms with Gasteiger partial charge >= 0.3 is 0 Å². The van der Waals surface area contributed by atoms with Crippen molar-refractivity contribution in [2.24, 2.45) is 0 Å². The topological polar surface area (TPSA) is 99.5 Å². The molecule has 0 aliphatic carbocycles. The van der Waals surface area contributed by atoms with Crippen molar-refractivity contribution >= 4 is 21.6 Å². The first kappa shape index (κ1) is 23.4. The Balaban J connectivity index is 2.04. The SMILES string of the molecule is CCOc1ccc(N(CCC#N)C(=O)CCNS(=O)(=O)c2ccc(C)c(C)c2)cc1. The van der Waals surface area contributed by atoms with Crippen LogP contribution in [0, 0.1) is 25.2 Å². The first-order chi connectivity index (χ1) is 14.3. The molecule has 7 nitrogen and oxygen atoms in total. The molecule has 160 valence electrons. The number of aryl methyl sites for hydroxylation is 2. The quantitative estimate of drug-likeness (QED) is 0.625. The fraction of sp³-hybridized carbons (Fsp3) is 0.364. The van der Waals surface area contributed by atoms with Gasteiger partial charge in [0.2, 0.25) is 15.9 Å². The number of amides is 1. The Kier molecular flexibility index (Phi) is 8.39. The van der Waals surface area contributed by atoms with E-state index < -0.39 is 10.0 Å². The molecule has 30 heavy (non-hydrogen) atoms. The van der Waals surface area contributed by atoms with Crippen molar-refractivity contribution in [1.29, 1.82) is 5.26 Å². The first-order valence-electron chi connectivity index (χ1n) is 9.75. The molecule has 0 saturated carbocycles. The minimum absolute atomic E-state index is 0.0251. The lowest BCUT2D eigenvalue weighted by Gasteiger charge is -2.22. The van der Waals surface area contributed by atoms with Crippen LogP contribution >= 0.6 is 0 Å². The van der Waals surface area contributed by atoms with Gasteiger partial charge in [-0.05, 0) is 68.3 Å². The highest BCUT2D eigenvalue weighted by molar-refractivity contribution is 7.89. The van der Waals surface area contributed by atoms with Crippen molar-refractivity contribution in [3.63, 3.8) is 0 Å². The van der Waals surface area contributed by atoms with Crippen LogP contribution in [-0.4, -0.2) is 34.0 Å². The molecule has 1 N–H and O–H groups in total. The number of nitriles is 1. The van der Waals surface area contributed by atoms with Crippen molar-refractivity contribution in [3.8, 4) is 11.8 Å². The van der Waals surface area contributed by atoms with Gasteiger partial charge in [-0.3, -0.25) is 4.79 Å². The Morgan fingerprint density at radius 1 is 1.13 bits per heavy atom. The van der Waals surface area contributed by atoms with Crippen molar-refractivity contribution in [1.82, 2.24) is 4.72 Å². The van der Waals surface area contributed by atoms with Gasteiger partial charge in [-0.15, -0.1) is 0 Å². The molecule has 0 bridgehead atoms. The number of nitrogens with zero attached hydrogens (tertiary/aromatic N) is 2. The lowest BCUT2D eigenvalue weighted by Crippen LogP contribution is -2.35. The highest BCUT2D eigenvalue weighted by Gasteiger charge is 2.18. The number of anilines is 1. The van der Waals surface area contributed by atoms with Crippen LogP contribution in [0.4, 0.5) is 5.69 Å². The highest BCUT2D eigenvalue weighted by Crippen LogP contribution is 2.21. The maximum atomic E-state index is 12.7. The summed E-state index contributed by atoms with van der Waals surface area (Å²) in [5, 5.41) is 8.91. The van der Waals surface area contributed by atoms with Crippen molar-refractivity contribution in [2.75, 3.05) is 24.6 Å². The Morgan fingerprint density at radius 3 is 2.43 bits per heavy atom. The summed E-state index contributed by atoms with van der Waals surface area (Å²) in [5.74, 6) is 0.423. The van der Waals surface area contributed by atoms with Crippen LogP contribution < -0.4 is 14.4 Å². The van der Waals surface area contributed by atoms with Crippen LogP contribution in [0.3, 0.4) is 0 Å². The van der Waals surface area contributed by atoms with Gasteiger partial charge < -0.3 is 9.64 Å². The minimum Gasteiger partial charge on any atom is -0.494 e. The molecule has 0 aromatic heterocycles. The maximum absolute atomic E-state index is 12.7. The predicted molar refractivity (Wildman–Crippen MR) is 116 cm³/mol. The van der Waals surface area contributed by atoms with Gasteiger partial charge in [0.25, 0.3) is 0 Å². The van der Waals surface area contributed by atoms with E-state index >= 15 is 0 Å². The smallest absolute Gasteiger partial charge is 0.240 e. The predicted octanol–water partition coefficient (Wildman–Crippen LogP) is 3.32. The summed E-state index contributed by atoms with van der Waals surface area (Å²) in [5.41, 5.74) is 2.52. The average Bonchev–Trinajstić information content (AvgIpc) is 2.71. The number of sulfonamides is 1. The Labute approximate surface area is 178 Å². The van der Waals surface area contributed by atoms with Gasteiger partial charge in [0.05, 0.1) is 24.0 Å². The normalized spacial score (nSPS) is 11.0. The fourth-order valence-electron chi connectivity index (χ4n) is 2.84. The van der Waals surface area contributed by atoms with E-state index in [0.29, 0.717) is 18.0 Å². The third-order valence-electron chi connectivity index (χ3n) is 4.63. The van der Waals surface area contributed by atoms with E-state index in [1.807, 2.05) is 26.8 Å². The molecule has 0 fully saturated rings. The lowest BCUT2D eigenvalue weighted by atomic mass is 10.1. The largest absolute Gasteiger partial charge is 0.494 e. The molecule has 0 saturated heterocycles. The summed E-state index contributed by atoms with van der Waals surface area (Å²) in [7, 11) is -3.70. The van der Waals surface area contributed by atoms with Crippen molar-refractivity contribution in [3.05, 3.63) is 53.6 Å². The van der Waals surface area contributed by atoms with Crippen LogP contribution in [0.15, 0.2) is 47.4 Å². The van der Waals surface area contributed by atoms with E-state index in [4.69, 9.17) is 10.00 Å². The second kappa shape index (κ2) is 10.8. The van der Waals surface area contributed by atoms with Crippen LogP contribution in [0.25, 0.3) is 0 Å². The molecule has 0 heterocycles. The fourth-order valence-corrected chi connectivity index (χ4v) is 3.96. The molecule has 2 aromatic carbocycles. The van der Waals surface area contributed by atoms with Gasteiger partial charge in [0, 0.05) is 25.2 Å². The third-order valence-corrected chi connectivity index (χ3v) is 6.09. The van der Waals surface area contributed by atoms with Crippen LogP contribution in [0.2, 0.25) is 0 Å². The molecule has 0 aliphatic heterocycles. The molecule has 0 aliphatic rings. The summed E-state index contributed by atoms with van der Waals surface area (Å²) >= 11 is 0. The number of carbonyl (C=O) groups is 1. The number of hydrogen-bond acceptors (Lipinski definition) is 5.